The lowest BCUT2D eigenvalue weighted by Crippen LogP contribution is -2.48. The number of nitrogens with one attached hydrogen (secondary N) is 1. The molecule has 2 aliphatic rings. The van der Waals surface area contributed by atoms with Crippen molar-refractivity contribution in [1.82, 2.24) is 4.90 Å². The highest BCUT2D eigenvalue weighted by Crippen LogP contribution is 2.47. The minimum atomic E-state index is -0.404. The summed E-state index contributed by atoms with van der Waals surface area (Å²) in [5, 5.41) is 2.93. The van der Waals surface area contributed by atoms with E-state index in [9.17, 15) is 9.59 Å². The second-order valence-corrected chi connectivity index (χ2v) is 8.70. The fourth-order valence-corrected chi connectivity index (χ4v) is 5.09. The van der Waals surface area contributed by atoms with Gasteiger partial charge in [-0.15, -0.1) is 11.8 Å². The van der Waals surface area contributed by atoms with Gasteiger partial charge in [-0.3, -0.25) is 9.59 Å². The molecule has 0 radical (unpaired) electrons. The largest absolute Gasteiger partial charge is 0.457 e. The maximum absolute atomic E-state index is 12.7. The van der Waals surface area contributed by atoms with Crippen molar-refractivity contribution in [1.29, 1.82) is 0 Å². The molecular formula is C21H22N2O3S. The van der Waals surface area contributed by atoms with Crippen LogP contribution in [0.25, 0.3) is 0 Å². The molecule has 2 aromatic carbocycles. The number of nitrogens with zero attached hydrogens (tertiary/aromatic N) is 1. The number of ether oxygens (including phenoxy) is 1. The Morgan fingerprint density at radius 1 is 1.22 bits per heavy atom. The van der Waals surface area contributed by atoms with Crippen molar-refractivity contribution in [2.45, 2.75) is 37.6 Å². The van der Waals surface area contributed by atoms with Gasteiger partial charge in [-0.25, -0.2) is 0 Å². The zero-order valence-electron chi connectivity index (χ0n) is 15.4. The summed E-state index contributed by atoms with van der Waals surface area (Å²) in [5.41, 5.74) is 1.83. The van der Waals surface area contributed by atoms with E-state index in [-0.39, 0.29) is 16.7 Å². The first-order valence-electron chi connectivity index (χ1n) is 9.06. The van der Waals surface area contributed by atoms with Gasteiger partial charge >= 0.3 is 0 Å². The van der Waals surface area contributed by atoms with Gasteiger partial charge in [0.15, 0.2) is 0 Å². The van der Waals surface area contributed by atoms with Crippen molar-refractivity contribution in [3.05, 3.63) is 54.1 Å². The highest BCUT2D eigenvalue weighted by molar-refractivity contribution is 8.01. The first-order valence-corrected chi connectivity index (χ1v) is 10.0. The van der Waals surface area contributed by atoms with E-state index in [2.05, 4.69) is 5.32 Å². The lowest BCUT2D eigenvalue weighted by atomic mass is 10.2. The Morgan fingerprint density at radius 3 is 2.74 bits per heavy atom. The molecule has 2 heterocycles. The van der Waals surface area contributed by atoms with E-state index in [0.29, 0.717) is 23.6 Å². The summed E-state index contributed by atoms with van der Waals surface area (Å²) in [6.45, 7) is 4.07. The summed E-state index contributed by atoms with van der Waals surface area (Å²) in [6, 6.07) is 14.7. The molecule has 5 nitrogen and oxygen atoms in total. The molecule has 0 unspecified atom stereocenters. The Morgan fingerprint density at radius 2 is 2.00 bits per heavy atom. The number of hydrogen-bond donors (Lipinski definition) is 1. The van der Waals surface area contributed by atoms with Crippen LogP contribution in [0.1, 0.15) is 25.3 Å². The van der Waals surface area contributed by atoms with E-state index >= 15 is 0 Å². The predicted octanol–water partition coefficient (Wildman–Crippen LogP) is 4.18. The number of rotatable bonds is 4. The highest BCUT2D eigenvalue weighted by atomic mass is 32.2. The molecule has 0 bridgehead atoms. The van der Waals surface area contributed by atoms with Gasteiger partial charge in [-0.05, 0) is 62.2 Å². The number of amides is 2. The number of aryl methyl sites for hydroxylation is 1. The van der Waals surface area contributed by atoms with Crippen LogP contribution < -0.4 is 10.1 Å². The van der Waals surface area contributed by atoms with Gasteiger partial charge in [0.25, 0.3) is 0 Å². The number of carbonyl (C=O) groups is 2. The van der Waals surface area contributed by atoms with E-state index < -0.39 is 6.04 Å². The highest BCUT2D eigenvalue weighted by Gasteiger charge is 2.52. The zero-order chi connectivity index (χ0) is 19.0. The summed E-state index contributed by atoms with van der Waals surface area (Å²) in [7, 11) is 0. The number of thioether (sulfide) groups is 1. The van der Waals surface area contributed by atoms with Crippen LogP contribution in [0.4, 0.5) is 5.69 Å². The van der Waals surface area contributed by atoms with Gasteiger partial charge in [0.2, 0.25) is 11.8 Å². The molecule has 2 fully saturated rings. The Labute approximate surface area is 163 Å². The minimum absolute atomic E-state index is 0.0737. The van der Waals surface area contributed by atoms with Gasteiger partial charge < -0.3 is 15.0 Å². The van der Waals surface area contributed by atoms with Crippen LogP contribution in [0.15, 0.2) is 48.5 Å². The molecule has 0 saturated carbocycles. The van der Waals surface area contributed by atoms with E-state index in [4.69, 9.17) is 4.74 Å². The van der Waals surface area contributed by atoms with Crippen molar-refractivity contribution in [2.24, 2.45) is 0 Å². The van der Waals surface area contributed by atoms with Gasteiger partial charge in [-0.2, -0.15) is 0 Å². The average molecular weight is 382 g/mol. The SMILES string of the molecule is Cc1cccc(Oc2ccc(NC(=O)[C@@H]3CS[C@@]4(C)CCC(=O)N34)cc2)c1. The summed E-state index contributed by atoms with van der Waals surface area (Å²) in [5.74, 6) is 2.07. The van der Waals surface area contributed by atoms with Crippen LogP contribution in [-0.4, -0.2) is 33.4 Å². The fraction of sp³-hybridized carbons (Fsp3) is 0.333. The molecule has 0 aromatic heterocycles. The van der Waals surface area contributed by atoms with E-state index in [1.54, 1.807) is 16.7 Å². The molecule has 2 amide bonds. The molecule has 1 N–H and O–H groups in total. The van der Waals surface area contributed by atoms with Crippen LogP contribution >= 0.6 is 11.8 Å². The molecule has 0 spiro atoms. The molecule has 2 aliphatic heterocycles. The molecule has 0 aliphatic carbocycles. The van der Waals surface area contributed by atoms with Gasteiger partial charge in [0, 0.05) is 17.9 Å². The standard InChI is InChI=1S/C21H22N2O3S/c1-14-4-3-5-17(12-14)26-16-8-6-15(7-9-16)22-20(25)18-13-27-21(2)11-10-19(24)23(18)21/h3-9,12,18H,10-11,13H2,1-2H3,(H,22,25)/t18-,21-/m0/s1. The molecule has 6 heteroatoms. The third-order valence-electron chi connectivity index (χ3n) is 5.09. The predicted molar refractivity (Wildman–Crippen MR) is 107 cm³/mol. The van der Waals surface area contributed by atoms with Gasteiger partial charge in [0.05, 0.1) is 4.87 Å². The topological polar surface area (TPSA) is 58.6 Å². The van der Waals surface area contributed by atoms with E-state index in [1.807, 2.05) is 62.4 Å². The molecule has 2 aromatic rings. The molecule has 27 heavy (non-hydrogen) atoms. The number of hydrogen-bond acceptors (Lipinski definition) is 4. The lowest BCUT2D eigenvalue weighted by Gasteiger charge is -2.29. The molecule has 140 valence electrons. The smallest absolute Gasteiger partial charge is 0.248 e. The summed E-state index contributed by atoms with van der Waals surface area (Å²) < 4.78 is 5.83. The molecular weight excluding hydrogens is 360 g/mol. The molecule has 2 atom stereocenters. The normalized spacial score (nSPS) is 24.0. The van der Waals surface area contributed by atoms with Crippen LogP contribution in [0, 0.1) is 6.92 Å². The van der Waals surface area contributed by atoms with Crippen molar-refractivity contribution in [2.75, 3.05) is 11.1 Å². The quantitative estimate of drug-likeness (QED) is 0.862. The summed E-state index contributed by atoms with van der Waals surface area (Å²) in [4.78, 5) is 26.4. The van der Waals surface area contributed by atoms with Gasteiger partial charge in [-0.1, -0.05) is 12.1 Å². The van der Waals surface area contributed by atoms with Crippen LogP contribution in [-0.2, 0) is 9.59 Å². The summed E-state index contributed by atoms with van der Waals surface area (Å²) in [6.07, 6.45) is 1.34. The Hall–Kier alpha value is -2.47. The van der Waals surface area contributed by atoms with Crippen molar-refractivity contribution < 1.29 is 14.3 Å². The van der Waals surface area contributed by atoms with E-state index in [1.165, 1.54) is 0 Å². The number of fused-ring (bicyclic) bond motifs is 1. The van der Waals surface area contributed by atoms with Crippen molar-refractivity contribution in [3.63, 3.8) is 0 Å². The fourth-order valence-electron chi connectivity index (χ4n) is 3.66. The number of benzene rings is 2. The maximum Gasteiger partial charge on any atom is 0.248 e. The second-order valence-electron chi connectivity index (χ2n) is 7.20. The van der Waals surface area contributed by atoms with E-state index in [0.717, 1.165) is 17.7 Å². The third kappa shape index (κ3) is 3.54. The summed E-state index contributed by atoms with van der Waals surface area (Å²) >= 11 is 1.70. The average Bonchev–Trinajstić information content (AvgIpc) is 3.13. The Bertz CT molecular complexity index is 883. The van der Waals surface area contributed by atoms with Crippen LogP contribution in [0.3, 0.4) is 0 Å². The first kappa shape index (κ1) is 17.9. The zero-order valence-corrected chi connectivity index (χ0v) is 16.2. The monoisotopic (exact) mass is 382 g/mol. The number of carbonyl (C=O) groups excluding carboxylic acids is 2. The minimum Gasteiger partial charge on any atom is -0.457 e. The lowest BCUT2D eigenvalue weighted by molar-refractivity contribution is -0.135. The first-order chi connectivity index (χ1) is 12.9. The van der Waals surface area contributed by atoms with Crippen molar-refractivity contribution >= 4 is 29.3 Å². The maximum atomic E-state index is 12.7. The second kappa shape index (κ2) is 6.93. The Balaban J connectivity index is 1.41. The van der Waals surface area contributed by atoms with Crippen LogP contribution in [0.2, 0.25) is 0 Å². The third-order valence-corrected chi connectivity index (χ3v) is 6.60. The number of anilines is 1. The van der Waals surface area contributed by atoms with Crippen molar-refractivity contribution in [3.8, 4) is 11.5 Å². The molecule has 2 saturated heterocycles. The molecule has 4 rings (SSSR count). The van der Waals surface area contributed by atoms with Crippen LogP contribution in [0.5, 0.6) is 11.5 Å². The Kier molecular flexibility index (Phi) is 4.60. The van der Waals surface area contributed by atoms with Gasteiger partial charge in [0.1, 0.15) is 17.5 Å².